The Kier molecular flexibility index (Phi) is 2.54. The number of aryl methyl sites for hydroxylation is 1. The Morgan fingerprint density at radius 1 is 0.731 bits per heavy atom. The van der Waals surface area contributed by atoms with Crippen LogP contribution < -0.4 is 0 Å². The molecule has 126 valence electrons. The second kappa shape index (κ2) is 4.59. The molecule has 1 aromatic carbocycles. The molecular formula is C23H16S3. The molecule has 0 nitrogen and oxygen atoms in total. The second-order valence-corrected chi connectivity index (χ2v) is 11.3. The maximum Gasteiger partial charge on any atom is 0.0495 e. The zero-order chi connectivity index (χ0) is 17.2. The van der Waals surface area contributed by atoms with Crippen LogP contribution in [0.3, 0.4) is 0 Å². The summed E-state index contributed by atoms with van der Waals surface area (Å²) in [5.74, 6) is 0. The summed E-state index contributed by atoms with van der Waals surface area (Å²) in [7, 11) is 0. The fraction of sp³-hybridized carbons (Fsp3) is 0.217. The molecule has 3 heteroatoms. The molecule has 3 aliphatic rings. The molecule has 0 fully saturated rings. The molecular weight excluding hydrogens is 372 g/mol. The molecule has 0 unspecified atom stereocenters. The molecule has 0 radical (unpaired) electrons. The lowest BCUT2D eigenvalue weighted by atomic mass is 10.0. The van der Waals surface area contributed by atoms with E-state index in [1.165, 1.54) is 42.3 Å². The van der Waals surface area contributed by atoms with Gasteiger partial charge in [-0.1, -0.05) is 5.57 Å². The highest BCUT2D eigenvalue weighted by atomic mass is 32.1. The summed E-state index contributed by atoms with van der Waals surface area (Å²) in [4.78, 5) is 6.06. The van der Waals surface area contributed by atoms with Gasteiger partial charge in [-0.05, 0) is 89.9 Å². The first-order chi connectivity index (χ1) is 12.7. The van der Waals surface area contributed by atoms with E-state index in [2.05, 4.69) is 38.1 Å². The Morgan fingerprint density at radius 2 is 1.46 bits per heavy atom. The Hall–Kier alpha value is -1.68. The van der Waals surface area contributed by atoms with Gasteiger partial charge in [0.15, 0.2) is 0 Å². The summed E-state index contributed by atoms with van der Waals surface area (Å²) < 4.78 is 3.03. The first-order valence-corrected chi connectivity index (χ1v) is 11.6. The summed E-state index contributed by atoms with van der Waals surface area (Å²) in [6.07, 6.45) is 5.83. The molecule has 0 N–H and O–H groups in total. The van der Waals surface area contributed by atoms with Crippen molar-refractivity contribution < 1.29 is 0 Å². The third-order valence-corrected chi connectivity index (χ3v) is 9.82. The number of benzene rings is 1. The van der Waals surface area contributed by atoms with E-state index in [4.69, 9.17) is 0 Å². The number of fused-ring (bicyclic) bond motifs is 10. The van der Waals surface area contributed by atoms with Crippen molar-refractivity contribution in [2.24, 2.45) is 0 Å². The summed E-state index contributed by atoms with van der Waals surface area (Å²) in [5.41, 5.74) is 12.5. The van der Waals surface area contributed by atoms with Gasteiger partial charge in [0.1, 0.15) is 0 Å². The van der Waals surface area contributed by atoms with Crippen molar-refractivity contribution in [2.45, 2.75) is 33.1 Å². The number of thiophene rings is 3. The van der Waals surface area contributed by atoms with Crippen molar-refractivity contribution in [2.75, 3.05) is 0 Å². The minimum Gasteiger partial charge on any atom is -0.139 e. The fourth-order valence-corrected chi connectivity index (χ4v) is 9.03. The molecule has 7 rings (SSSR count). The van der Waals surface area contributed by atoms with Crippen molar-refractivity contribution in [3.8, 4) is 20.9 Å². The quantitative estimate of drug-likeness (QED) is 0.254. The van der Waals surface area contributed by atoms with E-state index in [0.717, 1.165) is 12.8 Å². The molecule has 3 aromatic heterocycles. The Bertz CT molecular complexity index is 1320. The SMILES string of the molecule is CC1=Cc2sc3c(c2C1)Cc1cc2c(cc1-3)Cc1c-2sc2cc(C)sc12. The van der Waals surface area contributed by atoms with E-state index in [-0.39, 0.29) is 0 Å². The van der Waals surface area contributed by atoms with Crippen LogP contribution in [0.15, 0.2) is 23.8 Å². The smallest absolute Gasteiger partial charge is 0.0495 e. The first kappa shape index (κ1) is 14.4. The standard InChI is InChI=1S/C23H16S3/c1-10-3-16-17-8-12-6-15-13(7-14(12)21(17)25-19(16)4-10)9-18-22(15)26-20-5-11(2)24-23(18)20/h4-7H,3,8-9H2,1-2H3. The molecule has 0 spiro atoms. The van der Waals surface area contributed by atoms with E-state index < -0.39 is 0 Å². The van der Waals surface area contributed by atoms with E-state index >= 15 is 0 Å². The van der Waals surface area contributed by atoms with Gasteiger partial charge >= 0.3 is 0 Å². The monoisotopic (exact) mass is 388 g/mol. The van der Waals surface area contributed by atoms with Crippen molar-refractivity contribution in [1.29, 1.82) is 0 Å². The van der Waals surface area contributed by atoms with E-state index in [1.54, 1.807) is 37.6 Å². The van der Waals surface area contributed by atoms with Crippen molar-refractivity contribution in [3.63, 3.8) is 0 Å². The molecule has 4 aromatic rings. The third-order valence-electron chi connectivity index (χ3n) is 6.12. The third kappa shape index (κ3) is 1.65. The Labute approximate surface area is 164 Å². The van der Waals surface area contributed by atoms with Crippen LogP contribution in [0.25, 0.3) is 36.4 Å². The molecule has 0 saturated carbocycles. The highest BCUT2D eigenvalue weighted by molar-refractivity contribution is 7.30. The van der Waals surface area contributed by atoms with E-state index in [1.807, 2.05) is 34.0 Å². The predicted molar refractivity (Wildman–Crippen MR) is 116 cm³/mol. The van der Waals surface area contributed by atoms with Crippen molar-refractivity contribution in [3.05, 3.63) is 61.3 Å². The van der Waals surface area contributed by atoms with Crippen LogP contribution >= 0.6 is 34.0 Å². The van der Waals surface area contributed by atoms with Gasteiger partial charge in [0.2, 0.25) is 0 Å². The second-order valence-electron chi connectivity index (χ2n) is 7.90. The normalized spacial score (nSPS) is 15.8. The topological polar surface area (TPSA) is 0 Å². The van der Waals surface area contributed by atoms with Gasteiger partial charge in [-0.25, -0.2) is 0 Å². The zero-order valence-electron chi connectivity index (χ0n) is 14.7. The van der Waals surface area contributed by atoms with Gasteiger partial charge in [0, 0.05) is 35.3 Å². The number of allylic oxidation sites excluding steroid dienone is 1. The summed E-state index contributed by atoms with van der Waals surface area (Å²) in [5, 5.41) is 0. The van der Waals surface area contributed by atoms with Crippen molar-refractivity contribution in [1.82, 2.24) is 0 Å². The number of hydrogen-bond donors (Lipinski definition) is 0. The van der Waals surface area contributed by atoms with Gasteiger partial charge in [-0.3, -0.25) is 0 Å². The van der Waals surface area contributed by atoms with Crippen LogP contribution in [0, 0.1) is 6.92 Å². The molecule has 0 aliphatic heterocycles. The minimum atomic E-state index is 1.12. The van der Waals surface area contributed by atoms with Crippen molar-refractivity contribution >= 4 is 49.5 Å². The maximum absolute atomic E-state index is 2.53. The summed E-state index contributed by atoms with van der Waals surface area (Å²) in [6.45, 7) is 4.50. The fourth-order valence-electron chi connectivity index (χ4n) is 5.00. The number of rotatable bonds is 0. The lowest BCUT2D eigenvalue weighted by Crippen LogP contribution is -1.88. The number of hydrogen-bond acceptors (Lipinski definition) is 3. The van der Waals surface area contributed by atoms with Gasteiger partial charge in [-0.15, -0.1) is 34.0 Å². The molecule has 0 atom stereocenters. The molecule has 0 saturated heterocycles. The van der Waals surface area contributed by atoms with Crippen LogP contribution in [-0.2, 0) is 19.3 Å². The lowest BCUT2D eigenvalue weighted by molar-refractivity contribution is 1.14. The first-order valence-electron chi connectivity index (χ1n) is 9.16. The van der Waals surface area contributed by atoms with Crippen LogP contribution in [0.2, 0.25) is 0 Å². The van der Waals surface area contributed by atoms with E-state index in [9.17, 15) is 0 Å². The highest BCUT2D eigenvalue weighted by Gasteiger charge is 2.32. The Morgan fingerprint density at radius 3 is 2.27 bits per heavy atom. The van der Waals surface area contributed by atoms with Gasteiger partial charge < -0.3 is 0 Å². The molecule has 0 bridgehead atoms. The van der Waals surface area contributed by atoms with Gasteiger partial charge in [-0.2, -0.15) is 0 Å². The average molecular weight is 389 g/mol. The molecule has 3 aliphatic carbocycles. The largest absolute Gasteiger partial charge is 0.139 e. The highest BCUT2D eigenvalue weighted by Crippen LogP contribution is 2.54. The van der Waals surface area contributed by atoms with Crippen LogP contribution in [0.4, 0.5) is 0 Å². The average Bonchev–Trinajstić information content (AvgIpc) is 3.36. The molecule has 26 heavy (non-hydrogen) atoms. The summed E-state index contributed by atoms with van der Waals surface area (Å²) >= 11 is 6.00. The zero-order valence-corrected chi connectivity index (χ0v) is 17.1. The van der Waals surface area contributed by atoms with Crippen LogP contribution in [0.5, 0.6) is 0 Å². The van der Waals surface area contributed by atoms with E-state index in [0.29, 0.717) is 0 Å². The van der Waals surface area contributed by atoms with Crippen LogP contribution in [0.1, 0.15) is 44.5 Å². The molecule has 3 heterocycles. The predicted octanol–water partition coefficient (Wildman–Crippen LogP) is 7.43. The van der Waals surface area contributed by atoms with Gasteiger partial charge in [0.25, 0.3) is 0 Å². The minimum absolute atomic E-state index is 1.12. The maximum atomic E-state index is 2.53. The molecule has 0 amide bonds. The van der Waals surface area contributed by atoms with Gasteiger partial charge in [0.05, 0.1) is 0 Å². The van der Waals surface area contributed by atoms with Crippen LogP contribution in [-0.4, -0.2) is 0 Å². The summed E-state index contributed by atoms with van der Waals surface area (Å²) in [6, 6.07) is 7.42. The Balaban J connectivity index is 1.41. The lowest BCUT2D eigenvalue weighted by Gasteiger charge is -2.06.